The van der Waals surface area contributed by atoms with E-state index in [1.54, 1.807) is 18.2 Å². The molecule has 1 amide bonds. The van der Waals surface area contributed by atoms with Gasteiger partial charge in [-0.3, -0.25) is 9.59 Å². The van der Waals surface area contributed by atoms with Crippen LogP contribution in [-0.4, -0.2) is 23.7 Å². The van der Waals surface area contributed by atoms with Gasteiger partial charge < -0.3 is 10.3 Å². The molecule has 0 aliphatic carbocycles. The van der Waals surface area contributed by atoms with Gasteiger partial charge >= 0.3 is 0 Å². The summed E-state index contributed by atoms with van der Waals surface area (Å²) in [5.74, 6) is -1.23. The van der Waals surface area contributed by atoms with Gasteiger partial charge in [-0.05, 0) is 35.9 Å². The van der Waals surface area contributed by atoms with Crippen molar-refractivity contribution in [2.75, 3.05) is 7.05 Å². The van der Waals surface area contributed by atoms with Crippen LogP contribution in [-0.2, 0) is 4.79 Å². The third kappa shape index (κ3) is 3.67. The first kappa shape index (κ1) is 17.5. The average Bonchev–Trinajstić information content (AvgIpc) is 2.97. The number of carbonyl (C=O) groups is 2. The number of hydrogen-bond donors (Lipinski definition) is 2. The number of aromatic amines is 1. The number of likely N-dealkylation sites (N-methyl/N-ethyl adjacent to an activating group) is 1. The summed E-state index contributed by atoms with van der Waals surface area (Å²) in [6.45, 7) is 0. The molecule has 0 saturated carbocycles. The quantitative estimate of drug-likeness (QED) is 0.478. The molecule has 0 atom stereocenters. The second-order valence-electron chi connectivity index (χ2n) is 5.40. The molecule has 3 rings (SSSR count). The molecular formula is C19H14BrClN2O2. The van der Waals surface area contributed by atoms with Crippen LogP contribution in [0.3, 0.4) is 0 Å². The average molecular weight is 418 g/mol. The molecule has 0 spiro atoms. The van der Waals surface area contributed by atoms with Crippen LogP contribution in [0.2, 0.25) is 5.02 Å². The zero-order valence-corrected chi connectivity index (χ0v) is 15.6. The molecule has 0 aliphatic rings. The molecule has 0 saturated heterocycles. The summed E-state index contributed by atoms with van der Waals surface area (Å²) in [4.78, 5) is 27.6. The van der Waals surface area contributed by atoms with Crippen LogP contribution in [0.4, 0.5) is 0 Å². The fourth-order valence-electron chi connectivity index (χ4n) is 2.54. The van der Waals surface area contributed by atoms with Crippen LogP contribution in [0.25, 0.3) is 23.1 Å². The molecule has 0 aliphatic heterocycles. The van der Waals surface area contributed by atoms with E-state index in [1.807, 2.05) is 36.4 Å². The summed E-state index contributed by atoms with van der Waals surface area (Å²) < 4.78 is 0.883. The third-order valence-corrected chi connectivity index (χ3v) is 4.51. The molecule has 3 aromatic rings. The fourth-order valence-corrected chi connectivity index (χ4v) is 3.03. The minimum absolute atomic E-state index is 0.354. The van der Waals surface area contributed by atoms with Crippen LogP contribution >= 0.6 is 27.5 Å². The van der Waals surface area contributed by atoms with Crippen LogP contribution in [0, 0.1) is 0 Å². The van der Waals surface area contributed by atoms with Gasteiger partial charge in [0.25, 0.3) is 11.7 Å². The number of Topliss-reactive ketones (excluding diaryl/α,β-unsaturated/α-hetero) is 1. The number of fused-ring (bicyclic) bond motifs is 1. The number of H-pyrrole nitrogens is 1. The lowest BCUT2D eigenvalue weighted by Crippen LogP contribution is -2.27. The number of nitrogens with one attached hydrogen (secondary N) is 2. The predicted octanol–water partition coefficient (Wildman–Crippen LogP) is 4.68. The topological polar surface area (TPSA) is 62.0 Å². The summed E-state index contributed by atoms with van der Waals surface area (Å²) in [7, 11) is 1.44. The molecule has 0 bridgehead atoms. The Morgan fingerprint density at radius 1 is 1.12 bits per heavy atom. The maximum atomic E-state index is 12.5. The Balaban J connectivity index is 2.11. The first-order valence-corrected chi connectivity index (χ1v) is 8.68. The first-order valence-electron chi connectivity index (χ1n) is 7.51. The van der Waals surface area contributed by atoms with Gasteiger partial charge in [0, 0.05) is 27.4 Å². The van der Waals surface area contributed by atoms with Gasteiger partial charge in [-0.15, -0.1) is 0 Å². The van der Waals surface area contributed by atoms with Crippen LogP contribution in [0.15, 0.2) is 46.9 Å². The van der Waals surface area contributed by atoms with Crippen molar-refractivity contribution in [2.24, 2.45) is 0 Å². The summed E-state index contributed by atoms with van der Waals surface area (Å²) in [5.41, 5.74) is 2.64. The van der Waals surface area contributed by atoms with Gasteiger partial charge in [0.1, 0.15) is 0 Å². The van der Waals surface area contributed by atoms with Gasteiger partial charge in [-0.25, -0.2) is 0 Å². The summed E-state index contributed by atoms with van der Waals surface area (Å²) >= 11 is 9.30. The second-order valence-corrected chi connectivity index (χ2v) is 6.75. The minimum Gasteiger partial charge on any atom is -0.354 e. The summed E-state index contributed by atoms with van der Waals surface area (Å²) in [6.07, 6.45) is 3.64. The largest absolute Gasteiger partial charge is 0.354 e. The number of amides is 1. The summed E-state index contributed by atoms with van der Waals surface area (Å²) in [5, 5.41) is 3.74. The molecule has 1 heterocycles. The predicted molar refractivity (Wildman–Crippen MR) is 105 cm³/mol. The molecule has 2 N–H and O–H groups in total. The van der Waals surface area contributed by atoms with Crippen molar-refractivity contribution in [1.29, 1.82) is 0 Å². The number of carbonyl (C=O) groups excluding carboxylic acids is 2. The van der Waals surface area contributed by atoms with Crippen molar-refractivity contribution in [1.82, 2.24) is 10.3 Å². The number of hydrogen-bond acceptors (Lipinski definition) is 2. The molecule has 0 fully saturated rings. The highest BCUT2D eigenvalue weighted by atomic mass is 79.9. The molecule has 126 valence electrons. The Morgan fingerprint density at radius 3 is 2.52 bits per heavy atom. The Morgan fingerprint density at radius 2 is 1.84 bits per heavy atom. The van der Waals surface area contributed by atoms with Crippen molar-refractivity contribution in [2.45, 2.75) is 0 Å². The SMILES string of the molecule is CNC(=O)C(=O)c1c(C=Cc2ccc(Cl)cc2)[nH]c2cc(Br)ccc12. The molecule has 4 nitrogen and oxygen atoms in total. The molecule has 2 aromatic carbocycles. The Labute approximate surface area is 158 Å². The van der Waals surface area contributed by atoms with Gasteiger partial charge in [-0.2, -0.15) is 0 Å². The standard InChI is InChI=1S/C19H14BrClN2O2/c1-22-19(25)18(24)17-14-8-5-12(20)10-16(14)23-15(17)9-4-11-2-6-13(21)7-3-11/h2-10,23H,1H3,(H,22,25). The van der Waals surface area contributed by atoms with Gasteiger partial charge in [0.15, 0.2) is 0 Å². The van der Waals surface area contributed by atoms with Crippen molar-refractivity contribution >= 4 is 62.3 Å². The Kier molecular flexibility index (Phi) is 5.06. The molecule has 25 heavy (non-hydrogen) atoms. The smallest absolute Gasteiger partial charge is 0.292 e. The van der Waals surface area contributed by atoms with E-state index < -0.39 is 11.7 Å². The van der Waals surface area contributed by atoms with E-state index in [4.69, 9.17) is 11.6 Å². The van der Waals surface area contributed by atoms with E-state index >= 15 is 0 Å². The highest BCUT2D eigenvalue weighted by molar-refractivity contribution is 9.10. The fraction of sp³-hybridized carbons (Fsp3) is 0.0526. The van der Waals surface area contributed by atoms with Crippen LogP contribution in [0.1, 0.15) is 21.6 Å². The van der Waals surface area contributed by atoms with E-state index in [9.17, 15) is 9.59 Å². The Hall–Kier alpha value is -2.37. The van der Waals surface area contributed by atoms with Gasteiger partial charge in [0.2, 0.25) is 0 Å². The normalized spacial score (nSPS) is 11.2. The maximum Gasteiger partial charge on any atom is 0.292 e. The van der Waals surface area contributed by atoms with E-state index in [0.29, 0.717) is 21.7 Å². The maximum absolute atomic E-state index is 12.5. The number of aromatic nitrogens is 1. The number of benzene rings is 2. The Bertz CT molecular complexity index is 991. The zero-order chi connectivity index (χ0) is 18.0. The highest BCUT2D eigenvalue weighted by Crippen LogP contribution is 2.27. The van der Waals surface area contributed by atoms with E-state index in [-0.39, 0.29) is 0 Å². The van der Waals surface area contributed by atoms with E-state index in [0.717, 1.165) is 15.6 Å². The van der Waals surface area contributed by atoms with E-state index in [1.165, 1.54) is 7.05 Å². The number of ketones is 1. The van der Waals surface area contributed by atoms with Crippen molar-refractivity contribution < 1.29 is 9.59 Å². The monoisotopic (exact) mass is 416 g/mol. The first-order chi connectivity index (χ1) is 12.0. The van der Waals surface area contributed by atoms with Crippen molar-refractivity contribution in [3.05, 3.63) is 68.8 Å². The van der Waals surface area contributed by atoms with E-state index in [2.05, 4.69) is 26.2 Å². The highest BCUT2D eigenvalue weighted by Gasteiger charge is 2.22. The van der Waals surface area contributed by atoms with Crippen LogP contribution in [0.5, 0.6) is 0 Å². The number of halogens is 2. The zero-order valence-electron chi connectivity index (χ0n) is 13.3. The molecular weight excluding hydrogens is 404 g/mol. The minimum atomic E-state index is -0.648. The summed E-state index contributed by atoms with van der Waals surface area (Å²) in [6, 6.07) is 12.8. The molecule has 6 heteroatoms. The van der Waals surface area contributed by atoms with Gasteiger partial charge in [-0.1, -0.05) is 51.8 Å². The lowest BCUT2D eigenvalue weighted by atomic mass is 10.0. The molecule has 0 radical (unpaired) electrons. The lowest BCUT2D eigenvalue weighted by Gasteiger charge is -2.00. The van der Waals surface area contributed by atoms with Gasteiger partial charge in [0.05, 0.1) is 11.3 Å². The third-order valence-electron chi connectivity index (χ3n) is 3.76. The van der Waals surface area contributed by atoms with Crippen LogP contribution < -0.4 is 5.32 Å². The van der Waals surface area contributed by atoms with Crippen molar-refractivity contribution in [3.8, 4) is 0 Å². The van der Waals surface area contributed by atoms with Crippen molar-refractivity contribution in [3.63, 3.8) is 0 Å². The number of rotatable bonds is 4. The second kappa shape index (κ2) is 7.25. The molecule has 0 unspecified atom stereocenters. The lowest BCUT2D eigenvalue weighted by molar-refractivity contribution is -0.116. The molecule has 1 aromatic heterocycles.